The minimum absolute atomic E-state index is 0.0735. The second-order valence-electron chi connectivity index (χ2n) is 7.36. The molecule has 1 aromatic carbocycles. The number of hydrogen-bond acceptors (Lipinski definition) is 2. The highest BCUT2D eigenvalue weighted by Gasteiger charge is 2.47. The molecule has 0 aromatic heterocycles. The highest BCUT2D eigenvalue weighted by Crippen LogP contribution is 2.52. The van der Waals surface area contributed by atoms with E-state index in [1.807, 2.05) is 12.2 Å². The molecule has 2 aliphatic carbocycles. The van der Waals surface area contributed by atoms with Gasteiger partial charge in [0, 0.05) is 0 Å². The van der Waals surface area contributed by atoms with Crippen molar-refractivity contribution >= 4 is 15.6 Å². The Hall–Kier alpha value is -1.72. The van der Waals surface area contributed by atoms with E-state index in [-0.39, 0.29) is 11.2 Å². The lowest BCUT2D eigenvalue weighted by atomic mass is 9.85. The second kappa shape index (κ2) is 5.67. The van der Waals surface area contributed by atoms with E-state index in [1.54, 1.807) is 24.3 Å². The van der Waals surface area contributed by atoms with Crippen LogP contribution in [0.5, 0.6) is 0 Å². The molecule has 5 heteroatoms. The van der Waals surface area contributed by atoms with Crippen LogP contribution in [0.2, 0.25) is 0 Å². The van der Waals surface area contributed by atoms with Crippen LogP contribution < -0.4 is 5.14 Å². The van der Waals surface area contributed by atoms with Crippen LogP contribution in [0.1, 0.15) is 38.7 Å². The van der Waals surface area contributed by atoms with Gasteiger partial charge in [-0.15, -0.1) is 0 Å². The zero-order valence-electron chi connectivity index (χ0n) is 13.9. The van der Waals surface area contributed by atoms with Crippen molar-refractivity contribution in [3.63, 3.8) is 0 Å². The summed E-state index contributed by atoms with van der Waals surface area (Å²) in [7, 11) is -3.88. The molecule has 0 aliphatic heterocycles. The number of halogens is 1. The van der Waals surface area contributed by atoms with Crippen molar-refractivity contribution in [2.75, 3.05) is 0 Å². The lowest BCUT2D eigenvalue weighted by Crippen LogP contribution is -2.42. The molecule has 0 heterocycles. The van der Waals surface area contributed by atoms with E-state index in [2.05, 4.69) is 13.8 Å². The lowest BCUT2D eigenvalue weighted by Gasteiger charge is -2.31. The fourth-order valence-electron chi connectivity index (χ4n) is 3.72. The largest absolute Gasteiger partial charge is 0.227 e. The summed E-state index contributed by atoms with van der Waals surface area (Å²) in [6.07, 6.45) is 9.12. The Kier molecular flexibility index (Phi) is 4.04. The third-order valence-electron chi connectivity index (χ3n) is 4.81. The smallest absolute Gasteiger partial charge is 0.226 e. The average Bonchev–Trinajstić information content (AvgIpc) is 2.84. The van der Waals surface area contributed by atoms with Crippen molar-refractivity contribution in [1.82, 2.24) is 0 Å². The zero-order valence-corrected chi connectivity index (χ0v) is 14.7. The van der Waals surface area contributed by atoms with Gasteiger partial charge in [-0.2, -0.15) is 0 Å². The number of hydrogen-bond donors (Lipinski definition) is 1. The Morgan fingerprint density at radius 2 is 1.62 bits per heavy atom. The molecular formula is C19H22FNO2S. The summed E-state index contributed by atoms with van der Waals surface area (Å²) in [5.74, 6) is -0.309. The summed E-state index contributed by atoms with van der Waals surface area (Å²) < 4.78 is 37.0. The van der Waals surface area contributed by atoms with Gasteiger partial charge in [0.1, 0.15) is 10.6 Å². The second-order valence-corrected chi connectivity index (χ2v) is 9.13. The SMILES string of the molecule is CC1(C)CC(c2ccc(F)cc2)=C(C2(S(N)(=O)=O)C=CCC=C2)C1. The fourth-order valence-corrected chi connectivity index (χ4v) is 4.83. The topological polar surface area (TPSA) is 60.2 Å². The maximum absolute atomic E-state index is 13.3. The Morgan fingerprint density at radius 3 is 2.17 bits per heavy atom. The lowest BCUT2D eigenvalue weighted by molar-refractivity contribution is 0.392. The maximum Gasteiger partial charge on any atom is 0.226 e. The quantitative estimate of drug-likeness (QED) is 0.842. The Balaban J connectivity index is 2.25. The minimum atomic E-state index is -3.88. The van der Waals surface area contributed by atoms with Crippen LogP contribution in [0.25, 0.3) is 5.57 Å². The molecular weight excluding hydrogens is 325 g/mol. The van der Waals surface area contributed by atoms with Crippen molar-refractivity contribution in [1.29, 1.82) is 0 Å². The molecule has 0 fully saturated rings. The summed E-state index contributed by atoms with van der Waals surface area (Å²) in [5, 5.41) is 5.65. The van der Waals surface area contributed by atoms with Gasteiger partial charge in [0.25, 0.3) is 0 Å². The summed E-state index contributed by atoms with van der Waals surface area (Å²) >= 11 is 0. The first kappa shape index (κ1) is 17.1. The molecule has 2 aliphatic rings. The molecule has 0 bridgehead atoms. The molecule has 0 unspecified atom stereocenters. The van der Waals surface area contributed by atoms with Crippen LogP contribution in [0.4, 0.5) is 4.39 Å². The number of benzene rings is 1. The molecule has 0 atom stereocenters. The molecule has 3 rings (SSSR count). The molecule has 0 spiro atoms. The molecule has 0 saturated carbocycles. The van der Waals surface area contributed by atoms with Crippen molar-refractivity contribution in [3.05, 3.63) is 65.5 Å². The molecule has 0 amide bonds. The van der Waals surface area contributed by atoms with Crippen LogP contribution >= 0.6 is 0 Å². The van der Waals surface area contributed by atoms with Crippen molar-refractivity contribution in [2.45, 2.75) is 37.9 Å². The average molecular weight is 347 g/mol. The van der Waals surface area contributed by atoms with Crippen molar-refractivity contribution < 1.29 is 12.8 Å². The van der Waals surface area contributed by atoms with E-state index in [1.165, 1.54) is 12.1 Å². The van der Waals surface area contributed by atoms with Gasteiger partial charge in [0.15, 0.2) is 0 Å². The summed E-state index contributed by atoms with van der Waals surface area (Å²) in [4.78, 5) is 0. The van der Waals surface area contributed by atoms with E-state index < -0.39 is 14.8 Å². The molecule has 24 heavy (non-hydrogen) atoms. The van der Waals surface area contributed by atoms with Crippen LogP contribution in [-0.4, -0.2) is 13.2 Å². The minimum Gasteiger partial charge on any atom is -0.227 e. The number of nitrogens with two attached hydrogens (primary N) is 1. The summed E-state index contributed by atoms with van der Waals surface area (Å²) in [6.45, 7) is 4.22. The van der Waals surface area contributed by atoms with Gasteiger partial charge in [0.2, 0.25) is 10.0 Å². The Bertz CT molecular complexity index is 834. The third-order valence-corrected chi connectivity index (χ3v) is 6.27. The molecule has 128 valence electrons. The third kappa shape index (κ3) is 2.87. The zero-order chi connectivity index (χ0) is 17.6. The van der Waals surface area contributed by atoms with Crippen LogP contribution in [0.3, 0.4) is 0 Å². The van der Waals surface area contributed by atoms with Crippen molar-refractivity contribution in [3.8, 4) is 0 Å². The van der Waals surface area contributed by atoms with Gasteiger partial charge < -0.3 is 0 Å². The van der Waals surface area contributed by atoms with Crippen LogP contribution in [-0.2, 0) is 10.0 Å². The number of rotatable bonds is 3. The Morgan fingerprint density at radius 1 is 1.04 bits per heavy atom. The molecule has 0 saturated heterocycles. The highest BCUT2D eigenvalue weighted by molar-refractivity contribution is 7.91. The monoisotopic (exact) mass is 347 g/mol. The molecule has 2 N–H and O–H groups in total. The first-order valence-electron chi connectivity index (χ1n) is 8.01. The van der Waals surface area contributed by atoms with Gasteiger partial charge in [-0.05, 0) is 53.5 Å². The van der Waals surface area contributed by atoms with Crippen LogP contribution in [0.15, 0.2) is 54.1 Å². The molecule has 3 nitrogen and oxygen atoms in total. The first-order valence-corrected chi connectivity index (χ1v) is 9.55. The fraction of sp³-hybridized carbons (Fsp3) is 0.368. The predicted octanol–water partition coefficient (Wildman–Crippen LogP) is 3.94. The maximum atomic E-state index is 13.3. The van der Waals surface area contributed by atoms with Crippen LogP contribution in [0, 0.1) is 11.2 Å². The predicted molar refractivity (Wildman–Crippen MR) is 95.1 cm³/mol. The van der Waals surface area contributed by atoms with Gasteiger partial charge in [-0.1, -0.05) is 50.3 Å². The van der Waals surface area contributed by atoms with Gasteiger partial charge in [0.05, 0.1) is 0 Å². The number of allylic oxidation sites excluding steroid dienone is 3. The number of primary sulfonamides is 1. The first-order chi connectivity index (χ1) is 11.1. The Labute approximate surface area is 142 Å². The van der Waals surface area contributed by atoms with Crippen molar-refractivity contribution in [2.24, 2.45) is 10.6 Å². The van der Waals surface area contributed by atoms with Gasteiger partial charge in [-0.25, -0.2) is 17.9 Å². The van der Waals surface area contributed by atoms with E-state index in [4.69, 9.17) is 5.14 Å². The van der Waals surface area contributed by atoms with E-state index in [0.29, 0.717) is 12.8 Å². The molecule has 1 aromatic rings. The summed E-state index contributed by atoms with van der Waals surface area (Å²) in [6, 6.07) is 6.22. The number of sulfonamides is 1. The van der Waals surface area contributed by atoms with Gasteiger partial charge in [-0.3, -0.25) is 0 Å². The summed E-state index contributed by atoms with van der Waals surface area (Å²) in [5.41, 5.74) is 2.53. The van der Waals surface area contributed by atoms with E-state index >= 15 is 0 Å². The normalized spacial score (nSPS) is 22.2. The standard InChI is InChI=1S/C19H22FNO2S/c1-18(2)12-16(14-6-8-15(20)9-7-14)17(13-18)19(24(21,22)23)10-4-3-5-11-19/h4-11H,3,12-13H2,1-2H3,(H2,21,22,23). The highest BCUT2D eigenvalue weighted by atomic mass is 32.2. The van der Waals surface area contributed by atoms with E-state index in [9.17, 15) is 12.8 Å². The molecule has 0 radical (unpaired) electrons. The van der Waals surface area contributed by atoms with E-state index in [0.717, 1.165) is 23.1 Å². The van der Waals surface area contributed by atoms with Gasteiger partial charge >= 0.3 is 0 Å².